The maximum Gasteiger partial charge on any atom is 0.279 e. The summed E-state index contributed by atoms with van der Waals surface area (Å²) < 4.78 is 29.7. The van der Waals surface area contributed by atoms with Gasteiger partial charge in [0.05, 0.1) is 0 Å². The van der Waals surface area contributed by atoms with Crippen LogP contribution >= 0.6 is 0 Å². The third-order valence-corrected chi connectivity index (χ3v) is 6.39. The summed E-state index contributed by atoms with van der Waals surface area (Å²) in [7, 11) is -3.39. The molecule has 0 aromatic heterocycles. The smallest absolute Gasteiger partial charge is 0.279 e. The zero-order valence-corrected chi connectivity index (χ0v) is 15.1. The van der Waals surface area contributed by atoms with Crippen LogP contribution in [0, 0.1) is 11.3 Å². The second kappa shape index (κ2) is 7.90. The lowest BCUT2D eigenvalue weighted by molar-refractivity contribution is 0.229. The van der Waals surface area contributed by atoms with E-state index in [-0.39, 0.29) is 11.5 Å². The van der Waals surface area contributed by atoms with E-state index in [0.717, 1.165) is 32.4 Å². The molecule has 0 spiro atoms. The maximum absolute atomic E-state index is 12.6. The highest BCUT2D eigenvalue weighted by atomic mass is 32.2. The van der Waals surface area contributed by atoms with Gasteiger partial charge in [0, 0.05) is 25.7 Å². The molecule has 1 aliphatic heterocycles. The van der Waals surface area contributed by atoms with E-state index in [2.05, 4.69) is 37.7 Å². The van der Waals surface area contributed by atoms with Crippen molar-refractivity contribution < 1.29 is 8.42 Å². The van der Waals surface area contributed by atoms with Gasteiger partial charge in [-0.3, -0.25) is 0 Å². The molecule has 0 bridgehead atoms. The monoisotopic (exact) mass is 319 g/mol. The van der Waals surface area contributed by atoms with Crippen molar-refractivity contribution in [2.24, 2.45) is 11.3 Å². The molecule has 0 aromatic carbocycles. The average molecular weight is 320 g/mol. The Hall–Kier alpha value is -0.170. The van der Waals surface area contributed by atoms with Crippen molar-refractivity contribution in [3.63, 3.8) is 0 Å². The summed E-state index contributed by atoms with van der Waals surface area (Å²) in [6.07, 6.45) is 3.01. The van der Waals surface area contributed by atoms with Crippen molar-refractivity contribution in [1.29, 1.82) is 0 Å². The second-order valence-electron chi connectivity index (χ2n) is 7.04. The molecule has 1 fully saturated rings. The lowest BCUT2D eigenvalue weighted by Crippen LogP contribution is -2.53. The van der Waals surface area contributed by atoms with Crippen LogP contribution in [0.2, 0.25) is 0 Å². The fourth-order valence-electron chi connectivity index (χ4n) is 2.37. The van der Waals surface area contributed by atoms with Gasteiger partial charge >= 0.3 is 0 Å². The van der Waals surface area contributed by atoms with Crippen LogP contribution in [0.25, 0.3) is 0 Å². The van der Waals surface area contributed by atoms with Crippen LogP contribution in [0.15, 0.2) is 0 Å². The normalized spacial score (nSPS) is 21.9. The van der Waals surface area contributed by atoms with Crippen LogP contribution in [0.1, 0.15) is 53.9 Å². The Morgan fingerprint density at radius 1 is 1.29 bits per heavy atom. The SMILES string of the molecule is CCNCC1CCCCN1S(=O)(=O)NCC(C)(C)C(C)C. The molecule has 0 saturated carbocycles. The summed E-state index contributed by atoms with van der Waals surface area (Å²) in [5, 5.41) is 3.28. The first-order valence-corrected chi connectivity index (χ1v) is 9.62. The van der Waals surface area contributed by atoms with Crippen LogP contribution < -0.4 is 10.0 Å². The highest BCUT2D eigenvalue weighted by molar-refractivity contribution is 7.87. The first kappa shape index (κ1) is 18.9. The Kier molecular flexibility index (Phi) is 7.10. The molecule has 5 nitrogen and oxygen atoms in total. The third kappa shape index (κ3) is 5.51. The molecule has 0 amide bonds. The molecule has 1 rings (SSSR count). The molecule has 1 heterocycles. The Morgan fingerprint density at radius 3 is 2.52 bits per heavy atom. The van der Waals surface area contributed by atoms with Gasteiger partial charge in [-0.2, -0.15) is 12.7 Å². The quantitative estimate of drug-likeness (QED) is 0.719. The summed E-state index contributed by atoms with van der Waals surface area (Å²) in [6.45, 7) is 13.2. The van der Waals surface area contributed by atoms with Crippen molar-refractivity contribution in [3.05, 3.63) is 0 Å². The molecule has 126 valence electrons. The molecule has 21 heavy (non-hydrogen) atoms. The fraction of sp³-hybridized carbons (Fsp3) is 1.00. The van der Waals surface area contributed by atoms with Crippen molar-refractivity contribution in [2.45, 2.75) is 59.9 Å². The molecule has 0 aromatic rings. The summed E-state index contributed by atoms with van der Waals surface area (Å²) in [5.41, 5.74) is -0.0416. The summed E-state index contributed by atoms with van der Waals surface area (Å²) in [4.78, 5) is 0. The van der Waals surface area contributed by atoms with Gasteiger partial charge in [0.15, 0.2) is 0 Å². The fourth-order valence-corrected chi connectivity index (χ4v) is 4.03. The molecule has 1 saturated heterocycles. The van der Waals surface area contributed by atoms with Crippen LogP contribution in [-0.4, -0.2) is 44.9 Å². The van der Waals surface area contributed by atoms with Crippen molar-refractivity contribution >= 4 is 10.2 Å². The van der Waals surface area contributed by atoms with Gasteiger partial charge in [-0.25, -0.2) is 4.72 Å². The maximum atomic E-state index is 12.6. The van der Waals surface area contributed by atoms with Gasteiger partial charge in [-0.15, -0.1) is 0 Å². The number of nitrogens with zero attached hydrogens (tertiary/aromatic N) is 1. The Bertz CT molecular complexity index is 407. The third-order valence-electron chi connectivity index (χ3n) is 4.78. The molecular formula is C15H33N3O2S. The minimum atomic E-state index is -3.39. The molecule has 0 radical (unpaired) electrons. The van der Waals surface area contributed by atoms with Crippen LogP contribution in [0.3, 0.4) is 0 Å². The zero-order chi connectivity index (χ0) is 16.1. The van der Waals surface area contributed by atoms with E-state index in [4.69, 9.17) is 0 Å². The standard InChI is InChI=1S/C15H33N3O2S/c1-6-16-11-14-9-7-8-10-18(14)21(19,20)17-12-15(4,5)13(2)3/h13-14,16-17H,6-12H2,1-5H3. The van der Waals surface area contributed by atoms with E-state index in [1.54, 1.807) is 4.31 Å². The molecule has 6 heteroatoms. The van der Waals surface area contributed by atoms with Gasteiger partial charge in [0.2, 0.25) is 0 Å². The Morgan fingerprint density at radius 2 is 1.95 bits per heavy atom. The van der Waals surface area contributed by atoms with E-state index in [0.29, 0.717) is 19.0 Å². The molecule has 1 atom stereocenters. The average Bonchev–Trinajstić information content (AvgIpc) is 2.43. The van der Waals surface area contributed by atoms with Gasteiger partial charge in [-0.1, -0.05) is 41.0 Å². The van der Waals surface area contributed by atoms with Crippen LogP contribution in [-0.2, 0) is 10.2 Å². The van der Waals surface area contributed by atoms with Crippen molar-refractivity contribution in [3.8, 4) is 0 Å². The van der Waals surface area contributed by atoms with Gasteiger partial charge in [-0.05, 0) is 30.7 Å². The Balaban J connectivity index is 2.70. The number of hydrogen-bond donors (Lipinski definition) is 2. The van der Waals surface area contributed by atoms with E-state index in [1.807, 2.05) is 6.92 Å². The molecule has 1 unspecified atom stereocenters. The number of hydrogen-bond acceptors (Lipinski definition) is 3. The van der Waals surface area contributed by atoms with Crippen molar-refractivity contribution in [1.82, 2.24) is 14.3 Å². The van der Waals surface area contributed by atoms with E-state index >= 15 is 0 Å². The zero-order valence-electron chi connectivity index (χ0n) is 14.3. The van der Waals surface area contributed by atoms with Crippen LogP contribution in [0.4, 0.5) is 0 Å². The molecular weight excluding hydrogens is 286 g/mol. The van der Waals surface area contributed by atoms with E-state index in [9.17, 15) is 8.42 Å². The number of likely N-dealkylation sites (N-methyl/N-ethyl adjacent to an activating group) is 1. The predicted octanol–water partition coefficient (Wildman–Crippen LogP) is 1.97. The minimum absolute atomic E-state index is 0.0416. The lowest BCUT2D eigenvalue weighted by Gasteiger charge is -2.36. The number of rotatable bonds is 8. The molecule has 2 N–H and O–H groups in total. The highest BCUT2D eigenvalue weighted by Crippen LogP contribution is 2.26. The minimum Gasteiger partial charge on any atom is -0.315 e. The summed E-state index contributed by atoms with van der Waals surface area (Å²) >= 11 is 0. The first-order valence-electron chi connectivity index (χ1n) is 8.18. The first-order chi connectivity index (χ1) is 9.70. The topological polar surface area (TPSA) is 61.4 Å². The molecule has 0 aliphatic carbocycles. The summed E-state index contributed by atoms with van der Waals surface area (Å²) in [5.74, 6) is 0.430. The second-order valence-corrected chi connectivity index (χ2v) is 8.75. The largest absolute Gasteiger partial charge is 0.315 e. The van der Waals surface area contributed by atoms with Gasteiger partial charge in [0.1, 0.15) is 0 Å². The lowest BCUT2D eigenvalue weighted by atomic mass is 9.81. The van der Waals surface area contributed by atoms with Gasteiger partial charge < -0.3 is 5.32 Å². The van der Waals surface area contributed by atoms with E-state index in [1.165, 1.54) is 0 Å². The van der Waals surface area contributed by atoms with Gasteiger partial charge in [0.25, 0.3) is 10.2 Å². The van der Waals surface area contributed by atoms with Crippen molar-refractivity contribution in [2.75, 3.05) is 26.2 Å². The number of nitrogens with one attached hydrogen (secondary N) is 2. The highest BCUT2D eigenvalue weighted by Gasteiger charge is 2.33. The predicted molar refractivity (Wildman–Crippen MR) is 88.4 cm³/mol. The Labute approximate surface area is 131 Å². The summed E-state index contributed by atoms with van der Waals surface area (Å²) in [6, 6.07) is 0.0818. The number of piperidine rings is 1. The van der Waals surface area contributed by atoms with Crippen LogP contribution in [0.5, 0.6) is 0 Å². The molecule has 1 aliphatic rings. The van der Waals surface area contributed by atoms with E-state index < -0.39 is 10.2 Å².